The van der Waals surface area contributed by atoms with Crippen molar-refractivity contribution in [2.24, 2.45) is 0 Å². The summed E-state index contributed by atoms with van der Waals surface area (Å²) in [5.41, 5.74) is 2.62. The van der Waals surface area contributed by atoms with Crippen LogP contribution in [-0.2, 0) is 0 Å². The molecule has 1 heterocycles. The van der Waals surface area contributed by atoms with Gasteiger partial charge in [-0.15, -0.1) is 11.8 Å². The minimum absolute atomic E-state index is 0.478. The summed E-state index contributed by atoms with van der Waals surface area (Å²) in [6.07, 6.45) is 8.24. The number of aromatic nitrogens is 1. The Morgan fingerprint density at radius 1 is 1.24 bits per heavy atom. The Bertz CT molecular complexity index is 684. The molecule has 2 aromatic rings. The number of nitrogens with one attached hydrogen (secondary N) is 1. The molecule has 1 fully saturated rings. The smallest absolute Gasteiger partial charge is 0.116 e. The molecule has 3 rings (SSSR count). The molecule has 0 bridgehead atoms. The van der Waals surface area contributed by atoms with Crippen molar-refractivity contribution in [2.45, 2.75) is 43.2 Å². The second kappa shape index (κ2) is 6.36. The molecule has 1 aromatic heterocycles. The molecule has 21 heavy (non-hydrogen) atoms. The lowest BCUT2D eigenvalue weighted by Crippen LogP contribution is -2.23. The van der Waals surface area contributed by atoms with E-state index in [1.807, 2.05) is 24.5 Å². The zero-order valence-corrected chi connectivity index (χ0v) is 13.0. The van der Waals surface area contributed by atoms with E-state index in [2.05, 4.69) is 22.4 Å². The maximum absolute atomic E-state index is 9.58. The van der Waals surface area contributed by atoms with Crippen LogP contribution in [0.2, 0.25) is 0 Å². The summed E-state index contributed by atoms with van der Waals surface area (Å²) in [5.74, 6) is 0. The van der Waals surface area contributed by atoms with Gasteiger partial charge in [0.2, 0.25) is 0 Å². The van der Waals surface area contributed by atoms with Crippen molar-refractivity contribution >= 4 is 28.4 Å². The standard InChI is InChI=1S/C17H19N3S/c1-21-17-14(11-18)16(19-12-7-3-2-4-8-12)13-9-5-6-10-15(13)20-17/h5-6,9-10,12H,2-4,7-8H2,1H3,(H,19,20). The molecule has 0 amide bonds. The highest BCUT2D eigenvalue weighted by molar-refractivity contribution is 7.98. The highest BCUT2D eigenvalue weighted by Crippen LogP contribution is 2.34. The van der Waals surface area contributed by atoms with E-state index in [0.29, 0.717) is 11.6 Å². The van der Waals surface area contributed by atoms with Crippen LogP contribution in [0.3, 0.4) is 0 Å². The average Bonchev–Trinajstić information content (AvgIpc) is 2.55. The second-order valence-corrected chi connectivity index (χ2v) is 6.27. The van der Waals surface area contributed by atoms with Crippen molar-refractivity contribution in [3.63, 3.8) is 0 Å². The number of fused-ring (bicyclic) bond motifs is 1. The van der Waals surface area contributed by atoms with Crippen molar-refractivity contribution in [1.29, 1.82) is 5.26 Å². The summed E-state index contributed by atoms with van der Waals surface area (Å²) < 4.78 is 0. The Morgan fingerprint density at radius 3 is 2.71 bits per heavy atom. The summed E-state index contributed by atoms with van der Waals surface area (Å²) in [7, 11) is 0. The van der Waals surface area contributed by atoms with Crippen LogP contribution < -0.4 is 5.32 Å². The largest absolute Gasteiger partial charge is 0.381 e. The molecule has 0 saturated heterocycles. The summed E-state index contributed by atoms with van der Waals surface area (Å²) in [6, 6.07) is 10.9. The molecule has 1 aliphatic carbocycles. The van der Waals surface area contributed by atoms with E-state index in [-0.39, 0.29) is 0 Å². The average molecular weight is 297 g/mol. The first-order valence-electron chi connectivity index (χ1n) is 7.47. The number of hydrogen-bond donors (Lipinski definition) is 1. The number of rotatable bonds is 3. The molecule has 1 N–H and O–H groups in total. The summed E-state index contributed by atoms with van der Waals surface area (Å²) >= 11 is 1.54. The molecule has 4 heteroatoms. The van der Waals surface area contributed by atoms with Gasteiger partial charge in [0.05, 0.1) is 11.2 Å². The Hall–Kier alpha value is -1.73. The van der Waals surface area contributed by atoms with E-state index in [4.69, 9.17) is 0 Å². The number of hydrogen-bond acceptors (Lipinski definition) is 4. The van der Waals surface area contributed by atoms with Crippen LogP contribution in [0.25, 0.3) is 10.9 Å². The Labute approximate surface area is 129 Å². The first-order valence-corrected chi connectivity index (χ1v) is 8.69. The van der Waals surface area contributed by atoms with Gasteiger partial charge in [-0.25, -0.2) is 4.98 Å². The number of para-hydroxylation sites is 1. The molecule has 1 aromatic carbocycles. The van der Waals surface area contributed by atoms with Gasteiger partial charge in [0.25, 0.3) is 0 Å². The quantitative estimate of drug-likeness (QED) is 0.843. The van der Waals surface area contributed by atoms with Gasteiger partial charge in [0, 0.05) is 11.4 Å². The van der Waals surface area contributed by atoms with Gasteiger partial charge in [0.1, 0.15) is 16.7 Å². The van der Waals surface area contributed by atoms with Crippen LogP contribution >= 0.6 is 11.8 Å². The number of thioether (sulfide) groups is 1. The Morgan fingerprint density at radius 2 is 2.00 bits per heavy atom. The van der Waals surface area contributed by atoms with Gasteiger partial charge >= 0.3 is 0 Å². The predicted molar refractivity (Wildman–Crippen MR) is 88.7 cm³/mol. The molecule has 108 valence electrons. The van der Waals surface area contributed by atoms with Crippen LogP contribution in [0.1, 0.15) is 37.7 Å². The lowest BCUT2D eigenvalue weighted by molar-refractivity contribution is 0.463. The van der Waals surface area contributed by atoms with Crippen molar-refractivity contribution in [3.8, 4) is 6.07 Å². The normalized spacial score (nSPS) is 15.8. The van der Waals surface area contributed by atoms with Gasteiger partial charge in [-0.1, -0.05) is 37.5 Å². The number of benzene rings is 1. The van der Waals surface area contributed by atoms with Gasteiger partial charge < -0.3 is 5.32 Å². The second-order valence-electron chi connectivity index (χ2n) is 5.48. The Balaban J connectivity index is 2.10. The molecular weight excluding hydrogens is 278 g/mol. The predicted octanol–water partition coefficient (Wildman–Crippen LogP) is 4.57. The van der Waals surface area contributed by atoms with Gasteiger partial charge in [-0.2, -0.15) is 5.26 Å². The minimum Gasteiger partial charge on any atom is -0.381 e. The third kappa shape index (κ3) is 2.84. The zero-order chi connectivity index (χ0) is 14.7. The summed E-state index contributed by atoms with van der Waals surface area (Å²) in [4.78, 5) is 4.62. The SMILES string of the molecule is CSc1nc2ccccc2c(NC2CCCCC2)c1C#N. The molecule has 0 atom stereocenters. The fraction of sp³-hybridized carbons (Fsp3) is 0.412. The molecule has 3 nitrogen and oxygen atoms in total. The summed E-state index contributed by atoms with van der Waals surface area (Å²) in [5, 5.41) is 15.1. The van der Waals surface area contributed by atoms with E-state index in [1.165, 1.54) is 43.9 Å². The summed E-state index contributed by atoms with van der Waals surface area (Å²) in [6.45, 7) is 0. The number of nitriles is 1. The maximum Gasteiger partial charge on any atom is 0.116 e. The fourth-order valence-electron chi connectivity index (χ4n) is 3.04. The van der Waals surface area contributed by atoms with E-state index < -0.39 is 0 Å². The van der Waals surface area contributed by atoms with E-state index in [0.717, 1.165) is 21.6 Å². The van der Waals surface area contributed by atoms with Crippen molar-refractivity contribution in [1.82, 2.24) is 4.98 Å². The van der Waals surface area contributed by atoms with Gasteiger partial charge in [-0.3, -0.25) is 0 Å². The molecule has 1 saturated carbocycles. The highest BCUT2D eigenvalue weighted by atomic mass is 32.2. The van der Waals surface area contributed by atoms with Crippen LogP contribution in [0.4, 0.5) is 5.69 Å². The number of anilines is 1. The third-order valence-electron chi connectivity index (χ3n) is 4.12. The monoisotopic (exact) mass is 297 g/mol. The van der Waals surface area contributed by atoms with E-state index in [9.17, 15) is 5.26 Å². The van der Waals surface area contributed by atoms with Crippen LogP contribution in [-0.4, -0.2) is 17.3 Å². The van der Waals surface area contributed by atoms with E-state index in [1.54, 1.807) is 0 Å². The maximum atomic E-state index is 9.58. The minimum atomic E-state index is 0.478. The molecule has 0 aliphatic heterocycles. The Kier molecular flexibility index (Phi) is 4.31. The fourth-order valence-corrected chi connectivity index (χ4v) is 3.58. The number of pyridine rings is 1. The van der Waals surface area contributed by atoms with Crippen molar-refractivity contribution in [3.05, 3.63) is 29.8 Å². The van der Waals surface area contributed by atoms with Crippen LogP contribution in [0.5, 0.6) is 0 Å². The molecule has 1 aliphatic rings. The first-order chi connectivity index (χ1) is 10.3. The van der Waals surface area contributed by atoms with Gasteiger partial charge in [0.15, 0.2) is 0 Å². The molecule has 0 unspecified atom stereocenters. The zero-order valence-electron chi connectivity index (χ0n) is 12.2. The topological polar surface area (TPSA) is 48.7 Å². The number of nitrogens with zero attached hydrogens (tertiary/aromatic N) is 2. The van der Waals surface area contributed by atoms with E-state index >= 15 is 0 Å². The lowest BCUT2D eigenvalue weighted by Gasteiger charge is -2.25. The molecular formula is C17H19N3S. The van der Waals surface area contributed by atoms with Gasteiger partial charge in [-0.05, 0) is 25.2 Å². The first kappa shape index (κ1) is 14.2. The van der Waals surface area contributed by atoms with Crippen LogP contribution in [0.15, 0.2) is 29.3 Å². The lowest BCUT2D eigenvalue weighted by atomic mass is 9.95. The molecule has 0 radical (unpaired) electrons. The third-order valence-corrected chi connectivity index (χ3v) is 4.80. The highest BCUT2D eigenvalue weighted by Gasteiger charge is 2.19. The molecule has 0 spiro atoms. The van der Waals surface area contributed by atoms with Crippen LogP contribution in [0, 0.1) is 11.3 Å². The van der Waals surface area contributed by atoms with Crippen molar-refractivity contribution < 1.29 is 0 Å². The van der Waals surface area contributed by atoms with Crippen molar-refractivity contribution in [2.75, 3.05) is 11.6 Å².